The van der Waals surface area contributed by atoms with Gasteiger partial charge in [-0.2, -0.15) is 0 Å². The molecule has 0 saturated carbocycles. The van der Waals surface area contributed by atoms with E-state index in [-0.39, 0.29) is 11.4 Å². The number of sulfonamides is 1. The molecule has 1 atom stereocenters. The van der Waals surface area contributed by atoms with Crippen molar-refractivity contribution in [3.05, 3.63) is 89.4 Å². The second-order valence-corrected chi connectivity index (χ2v) is 9.46. The van der Waals surface area contributed by atoms with Crippen molar-refractivity contribution in [2.24, 2.45) is 0 Å². The van der Waals surface area contributed by atoms with E-state index in [1.54, 1.807) is 24.3 Å². The third kappa shape index (κ3) is 6.90. The average molecular weight is 483 g/mol. The van der Waals surface area contributed by atoms with Crippen LogP contribution in [0.4, 0.5) is 5.69 Å². The first-order chi connectivity index (χ1) is 16.1. The maximum atomic E-state index is 12.4. The van der Waals surface area contributed by atoms with E-state index in [9.17, 15) is 18.0 Å². The molecule has 3 aromatic rings. The highest BCUT2D eigenvalue weighted by Gasteiger charge is 2.18. The number of anilines is 1. The Kier molecular flexibility index (Phi) is 8.04. The molecule has 178 valence electrons. The van der Waals surface area contributed by atoms with E-state index in [1.165, 1.54) is 37.5 Å². The van der Waals surface area contributed by atoms with Gasteiger partial charge in [-0.15, -0.1) is 0 Å². The Morgan fingerprint density at radius 3 is 2.50 bits per heavy atom. The Balaban J connectivity index is 1.53. The zero-order chi connectivity index (χ0) is 24.7. The van der Waals surface area contributed by atoms with Gasteiger partial charge >= 0.3 is 5.97 Å². The summed E-state index contributed by atoms with van der Waals surface area (Å²) < 4.78 is 37.5. The maximum Gasteiger partial charge on any atom is 0.331 e. The minimum absolute atomic E-state index is 0.0397. The molecular formula is C25H26N2O6S. The normalized spacial score (nSPS) is 12.4. The van der Waals surface area contributed by atoms with Gasteiger partial charge < -0.3 is 14.5 Å². The standard InChI is InChI=1S/C25H26N2O6S/c1-17-6-7-18(2)23(15-17)27-25(29)19(3)33-24(28)13-10-20-8-11-22(12-9-20)34(30,31)26-16-21-5-4-14-32-21/h4-15,19,26H,16H2,1-3H3,(H,27,29)/b13-10+. The first-order valence-electron chi connectivity index (χ1n) is 10.5. The number of benzene rings is 2. The van der Waals surface area contributed by atoms with Crippen LogP contribution in [0, 0.1) is 13.8 Å². The van der Waals surface area contributed by atoms with Crippen LogP contribution in [0.3, 0.4) is 0 Å². The van der Waals surface area contributed by atoms with Crippen molar-refractivity contribution in [1.29, 1.82) is 0 Å². The van der Waals surface area contributed by atoms with Crippen molar-refractivity contribution in [1.82, 2.24) is 4.72 Å². The van der Waals surface area contributed by atoms with Crippen molar-refractivity contribution in [3.8, 4) is 0 Å². The van der Waals surface area contributed by atoms with Crippen molar-refractivity contribution < 1.29 is 27.2 Å². The van der Waals surface area contributed by atoms with Crippen LogP contribution < -0.4 is 10.0 Å². The molecule has 0 bridgehead atoms. The molecule has 2 N–H and O–H groups in total. The smallest absolute Gasteiger partial charge is 0.331 e. The molecule has 9 heteroatoms. The number of ether oxygens (including phenoxy) is 1. The molecule has 3 rings (SSSR count). The third-order valence-electron chi connectivity index (χ3n) is 4.93. The predicted molar refractivity (Wildman–Crippen MR) is 128 cm³/mol. The van der Waals surface area contributed by atoms with Gasteiger partial charge in [0.25, 0.3) is 5.91 Å². The molecular weight excluding hydrogens is 456 g/mol. The highest BCUT2D eigenvalue weighted by atomic mass is 32.2. The molecule has 0 radical (unpaired) electrons. The average Bonchev–Trinajstić information content (AvgIpc) is 3.33. The lowest BCUT2D eigenvalue weighted by Gasteiger charge is -2.14. The van der Waals surface area contributed by atoms with Crippen molar-refractivity contribution in [2.75, 3.05) is 5.32 Å². The number of rotatable bonds is 9. The summed E-state index contributed by atoms with van der Waals surface area (Å²) in [6, 6.07) is 15.0. The van der Waals surface area contributed by atoms with Gasteiger partial charge in [-0.05, 0) is 73.9 Å². The van der Waals surface area contributed by atoms with E-state index < -0.39 is 28.0 Å². The summed E-state index contributed by atoms with van der Waals surface area (Å²) in [7, 11) is -3.71. The van der Waals surface area contributed by atoms with E-state index in [0.717, 1.165) is 11.1 Å². The van der Waals surface area contributed by atoms with Gasteiger partial charge in [0.05, 0.1) is 17.7 Å². The number of furan rings is 1. The molecule has 34 heavy (non-hydrogen) atoms. The monoisotopic (exact) mass is 482 g/mol. The number of esters is 1. The molecule has 2 aromatic carbocycles. The largest absolute Gasteiger partial charge is 0.468 e. The van der Waals surface area contributed by atoms with E-state index in [4.69, 9.17) is 9.15 Å². The van der Waals surface area contributed by atoms with Crippen LogP contribution in [-0.2, 0) is 30.9 Å². The summed E-state index contributed by atoms with van der Waals surface area (Å²) in [5.41, 5.74) is 3.16. The second-order valence-electron chi connectivity index (χ2n) is 7.69. The van der Waals surface area contributed by atoms with Crippen LogP contribution in [0.15, 0.2) is 76.2 Å². The Morgan fingerprint density at radius 1 is 1.09 bits per heavy atom. The van der Waals surface area contributed by atoms with Gasteiger partial charge in [0.2, 0.25) is 10.0 Å². The summed E-state index contributed by atoms with van der Waals surface area (Å²) in [6.45, 7) is 5.32. The predicted octanol–water partition coefficient (Wildman–Crippen LogP) is 3.96. The fourth-order valence-electron chi connectivity index (χ4n) is 2.96. The molecule has 1 amide bonds. The number of carbonyl (C=O) groups excluding carboxylic acids is 2. The van der Waals surface area contributed by atoms with Gasteiger partial charge in [0.1, 0.15) is 5.76 Å². The Morgan fingerprint density at radius 2 is 1.82 bits per heavy atom. The van der Waals surface area contributed by atoms with Crippen LogP contribution in [-0.4, -0.2) is 26.4 Å². The van der Waals surface area contributed by atoms with Crippen molar-refractivity contribution in [3.63, 3.8) is 0 Å². The zero-order valence-electron chi connectivity index (χ0n) is 19.1. The summed E-state index contributed by atoms with van der Waals surface area (Å²) in [5, 5.41) is 2.76. The minimum atomic E-state index is -3.71. The lowest BCUT2D eigenvalue weighted by Crippen LogP contribution is -2.29. The number of hydrogen-bond acceptors (Lipinski definition) is 6. The molecule has 0 aliphatic rings. The zero-order valence-corrected chi connectivity index (χ0v) is 19.9. The SMILES string of the molecule is Cc1ccc(C)c(NC(=O)C(C)OC(=O)/C=C/c2ccc(S(=O)(=O)NCc3ccco3)cc2)c1. The number of carbonyl (C=O) groups is 2. The van der Waals surface area contributed by atoms with Crippen LogP contribution >= 0.6 is 0 Å². The second kappa shape index (κ2) is 11.0. The lowest BCUT2D eigenvalue weighted by atomic mass is 10.1. The third-order valence-corrected chi connectivity index (χ3v) is 6.35. The highest BCUT2D eigenvalue weighted by Crippen LogP contribution is 2.17. The van der Waals surface area contributed by atoms with Gasteiger partial charge in [-0.3, -0.25) is 4.79 Å². The quantitative estimate of drug-likeness (QED) is 0.352. The molecule has 1 unspecified atom stereocenters. The number of hydrogen-bond donors (Lipinski definition) is 2. The van der Waals surface area contributed by atoms with Crippen LogP contribution in [0.25, 0.3) is 6.08 Å². The first-order valence-corrected chi connectivity index (χ1v) is 12.0. The highest BCUT2D eigenvalue weighted by molar-refractivity contribution is 7.89. The molecule has 0 fully saturated rings. The van der Waals surface area contributed by atoms with Gasteiger partial charge in [-0.1, -0.05) is 24.3 Å². The summed E-state index contributed by atoms with van der Waals surface area (Å²) in [5.74, 6) is -0.633. The molecule has 8 nitrogen and oxygen atoms in total. The molecule has 0 aliphatic carbocycles. The van der Waals surface area contributed by atoms with E-state index in [1.807, 2.05) is 32.0 Å². The van der Waals surface area contributed by atoms with Crippen LogP contribution in [0.1, 0.15) is 29.4 Å². The molecule has 0 saturated heterocycles. The number of nitrogens with one attached hydrogen (secondary N) is 2. The van der Waals surface area contributed by atoms with Crippen LogP contribution in [0.5, 0.6) is 0 Å². The van der Waals surface area contributed by atoms with E-state index in [2.05, 4.69) is 10.0 Å². The van der Waals surface area contributed by atoms with E-state index >= 15 is 0 Å². The molecule has 0 spiro atoms. The minimum Gasteiger partial charge on any atom is -0.468 e. The van der Waals surface area contributed by atoms with Gasteiger partial charge in [-0.25, -0.2) is 17.9 Å². The van der Waals surface area contributed by atoms with Crippen LogP contribution in [0.2, 0.25) is 0 Å². The van der Waals surface area contributed by atoms with Crippen molar-refractivity contribution in [2.45, 2.75) is 38.3 Å². The van der Waals surface area contributed by atoms with Gasteiger partial charge in [0.15, 0.2) is 6.10 Å². The summed E-state index contributed by atoms with van der Waals surface area (Å²) in [4.78, 5) is 24.6. The fourth-order valence-corrected chi connectivity index (χ4v) is 3.95. The van der Waals surface area contributed by atoms with E-state index in [0.29, 0.717) is 17.0 Å². The Hall–Kier alpha value is -3.69. The topological polar surface area (TPSA) is 115 Å². The Labute approximate surface area is 198 Å². The van der Waals surface area contributed by atoms with Crippen molar-refractivity contribution >= 4 is 33.7 Å². The summed E-state index contributed by atoms with van der Waals surface area (Å²) in [6.07, 6.45) is 3.13. The first kappa shape index (κ1) is 24.9. The number of aryl methyl sites for hydroxylation is 2. The number of amides is 1. The molecule has 0 aliphatic heterocycles. The lowest BCUT2D eigenvalue weighted by molar-refractivity contribution is -0.148. The molecule has 1 heterocycles. The summed E-state index contributed by atoms with van der Waals surface area (Å²) >= 11 is 0. The molecule has 1 aromatic heterocycles. The Bertz CT molecular complexity index is 1280. The van der Waals surface area contributed by atoms with Gasteiger partial charge in [0, 0.05) is 11.8 Å². The maximum absolute atomic E-state index is 12.4. The fraction of sp³-hybridized carbons (Fsp3) is 0.200.